The number of carbonyl (C=O) groups is 1. The van der Waals surface area contributed by atoms with E-state index in [0.717, 1.165) is 49.5 Å². The van der Waals surface area contributed by atoms with Crippen LogP contribution in [0, 0.1) is 5.82 Å². The molecule has 2 aliphatic heterocycles. The van der Waals surface area contributed by atoms with E-state index in [1.807, 2.05) is 18.2 Å². The van der Waals surface area contributed by atoms with Crippen LogP contribution < -0.4 is 10.1 Å². The van der Waals surface area contributed by atoms with E-state index in [0.29, 0.717) is 31.4 Å². The number of carbonyl (C=O) groups excluding carboxylic acids is 1. The van der Waals surface area contributed by atoms with Crippen LogP contribution in [0.25, 0.3) is 0 Å². The summed E-state index contributed by atoms with van der Waals surface area (Å²) in [5.74, 6) is 0.419. The van der Waals surface area contributed by atoms with Gasteiger partial charge in [0.05, 0.1) is 17.9 Å². The van der Waals surface area contributed by atoms with Crippen LogP contribution in [0.15, 0.2) is 42.5 Å². The zero-order chi connectivity index (χ0) is 20.3. The molecule has 0 saturated carbocycles. The number of nitrogens with zero attached hydrogens (tertiary/aromatic N) is 1. The van der Waals surface area contributed by atoms with E-state index < -0.39 is 5.60 Å². The fourth-order valence-electron chi connectivity index (χ4n) is 4.22. The lowest BCUT2D eigenvalue weighted by Gasteiger charge is -2.38. The minimum Gasteiger partial charge on any atom is -0.491 e. The van der Waals surface area contributed by atoms with Gasteiger partial charge in [-0.3, -0.25) is 4.79 Å². The average molecular weight is 398 g/mol. The summed E-state index contributed by atoms with van der Waals surface area (Å²) in [4.78, 5) is 14.0. The second-order valence-electron chi connectivity index (χ2n) is 7.89. The monoisotopic (exact) mass is 398 g/mol. The van der Waals surface area contributed by atoms with Crippen LogP contribution in [0.5, 0.6) is 5.75 Å². The highest BCUT2D eigenvalue weighted by Gasteiger charge is 2.35. The van der Waals surface area contributed by atoms with Crippen molar-refractivity contribution in [2.24, 2.45) is 0 Å². The summed E-state index contributed by atoms with van der Waals surface area (Å²) in [7, 11) is 0. The zero-order valence-corrected chi connectivity index (χ0v) is 16.5. The summed E-state index contributed by atoms with van der Waals surface area (Å²) >= 11 is 0. The number of hydrogen-bond donors (Lipinski definition) is 2. The predicted octanol–water partition coefficient (Wildman–Crippen LogP) is 3.46. The summed E-state index contributed by atoms with van der Waals surface area (Å²) in [6, 6.07) is 12.4. The average Bonchev–Trinajstić information content (AvgIpc) is 2.73. The van der Waals surface area contributed by atoms with Crippen LogP contribution >= 0.6 is 0 Å². The topological polar surface area (TPSA) is 61.8 Å². The van der Waals surface area contributed by atoms with Gasteiger partial charge in [-0.1, -0.05) is 30.3 Å². The number of likely N-dealkylation sites (tertiary alicyclic amines) is 1. The van der Waals surface area contributed by atoms with E-state index in [2.05, 4.69) is 10.2 Å². The van der Waals surface area contributed by atoms with Crippen molar-refractivity contribution >= 4 is 11.6 Å². The molecule has 2 aromatic rings. The Kier molecular flexibility index (Phi) is 5.83. The largest absolute Gasteiger partial charge is 0.491 e. The molecule has 6 heteroatoms. The molecule has 1 amide bonds. The molecule has 0 spiro atoms. The summed E-state index contributed by atoms with van der Waals surface area (Å²) in [6.07, 6.45) is 3.15. The molecule has 2 N–H and O–H groups in total. The third kappa shape index (κ3) is 4.43. The van der Waals surface area contributed by atoms with Crippen molar-refractivity contribution in [3.63, 3.8) is 0 Å². The second kappa shape index (κ2) is 8.51. The van der Waals surface area contributed by atoms with Crippen molar-refractivity contribution < 1.29 is 19.0 Å². The highest BCUT2D eigenvalue weighted by atomic mass is 19.1. The molecular weight excluding hydrogens is 371 g/mol. The van der Waals surface area contributed by atoms with Gasteiger partial charge in [0.15, 0.2) is 0 Å². The number of para-hydroxylation sites is 1. The van der Waals surface area contributed by atoms with Gasteiger partial charge < -0.3 is 20.1 Å². The molecule has 29 heavy (non-hydrogen) atoms. The van der Waals surface area contributed by atoms with E-state index in [1.54, 1.807) is 18.2 Å². The molecule has 154 valence electrons. The number of aryl methyl sites for hydroxylation is 1. The number of fused-ring (bicyclic) bond motifs is 1. The normalized spacial score (nSPS) is 18.8. The maximum Gasteiger partial charge on any atom is 0.224 e. The van der Waals surface area contributed by atoms with Crippen molar-refractivity contribution in [3.05, 3.63) is 59.4 Å². The first kappa shape index (κ1) is 19.9. The zero-order valence-electron chi connectivity index (χ0n) is 16.5. The third-order valence-electron chi connectivity index (χ3n) is 5.93. The van der Waals surface area contributed by atoms with Crippen LogP contribution in [0.2, 0.25) is 0 Å². The molecule has 4 rings (SSSR count). The Morgan fingerprint density at radius 1 is 1.10 bits per heavy atom. The highest BCUT2D eigenvalue weighted by Crippen LogP contribution is 2.35. The summed E-state index contributed by atoms with van der Waals surface area (Å²) < 4.78 is 20.0. The van der Waals surface area contributed by atoms with Crippen molar-refractivity contribution in [2.75, 3.05) is 31.6 Å². The van der Waals surface area contributed by atoms with Crippen molar-refractivity contribution in [3.8, 4) is 5.75 Å². The molecule has 0 aromatic heterocycles. The summed E-state index contributed by atoms with van der Waals surface area (Å²) in [6.45, 7) is 2.86. The molecular formula is C23H27FN2O3. The molecule has 0 aliphatic carbocycles. The van der Waals surface area contributed by atoms with Crippen LogP contribution in [0.1, 0.15) is 36.8 Å². The van der Waals surface area contributed by atoms with Gasteiger partial charge in [-0.2, -0.15) is 0 Å². The minimum absolute atomic E-state index is 0.0317. The molecule has 0 unspecified atom stereocenters. The second-order valence-corrected chi connectivity index (χ2v) is 7.89. The van der Waals surface area contributed by atoms with Crippen molar-refractivity contribution in [1.29, 1.82) is 0 Å². The number of rotatable bonds is 6. The van der Waals surface area contributed by atoms with Crippen LogP contribution in [0.3, 0.4) is 0 Å². The van der Waals surface area contributed by atoms with Gasteiger partial charge in [0.1, 0.15) is 11.6 Å². The van der Waals surface area contributed by atoms with Gasteiger partial charge in [0.2, 0.25) is 5.91 Å². The molecule has 0 atom stereocenters. The number of piperidine rings is 1. The Labute approximate surface area is 170 Å². The number of benzene rings is 2. The van der Waals surface area contributed by atoms with Crippen LogP contribution in [0.4, 0.5) is 10.1 Å². The molecule has 2 heterocycles. The molecule has 5 nitrogen and oxygen atoms in total. The number of nitrogens with one attached hydrogen (secondary N) is 1. The number of aliphatic hydroxyl groups is 1. The lowest BCUT2D eigenvalue weighted by atomic mass is 9.84. The predicted molar refractivity (Wildman–Crippen MR) is 109 cm³/mol. The standard InChI is InChI=1S/C23H27FN2O3/c24-19-7-2-1-6-18(19)23(28)11-14-26(15-12-23)13-4-16-29-20-8-3-5-17-9-10-21(27)25-22(17)20/h1-3,5-8,28H,4,9-16H2,(H,25,27). The van der Waals surface area contributed by atoms with E-state index >= 15 is 0 Å². The van der Waals surface area contributed by atoms with Gasteiger partial charge in [-0.05, 0) is 43.4 Å². The maximum atomic E-state index is 14.1. The SMILES string of the molecule is O=C1CCc2cccc(OCCCN3CCC(O)(c4ccccc4F)CC3)c2N1. The molecule has 0 radical (unpaired) electrons. The van der Waals surface area contributed by atoms with Gasteiger partial charge in [0.25, 0.3) is 0 Å². The third-order valence-corrected chi connectivity index (χ3v) is 5.93. The van der Waals surface area contributed by atoms with E-state index in [-0.39, 0.29) is 11.7 Å². The fraction of sp³-hybridized carbons (Fsp3) is 0.435. The Balaban J connectivity index is 1.25. The number of anilines is 1. The molecule has 2 aromatic carbocycles. The van der Waals surface area contributed by atoms with Crippen LogP contribution in [-0.4, -0.2) is 42.2 Å². The van der Waals surface area contributed by atoms with Gasteiger partial charge in [-0.25, -0.2) is 4.39 Å². The summed E-state index contributed by atoms with van der Waals surface area (Å²) in [5.41, 5.74) is 1.24. The number of ether oxygens (including phenoxy) is 1. The molecule has 2 aliphatic rings. The Morgan fingerprint density at radius 3 is 2.69 bits per heavy atom. The molecule has 1 saturated heterocycles. The van der Waals surface area contributed by atoms with Gasteiger partial charge in [0, 0.05) is 31.6 Å². The summed E-state index contributed by atoms with van der Waals surface area (Å²) in [5, 5.41) is 13.8. The lowest BCUT2D eigenvalue weighted by molar-refractivity contribution is -0.116. The fourth-order valence-corrected chi connectivity index (χ4v) is 4.22. The van der Waals surface area contributed by atoms with Crippen molar-refractivity contribution in [2.45, 2.75) is 37.7 Å². The molecule has 0 bridgehead atoms. The Bertz CT molecular complexity index is 878. The Morgan fingerprint density at radius 2 is 1.90 bits per heavy atom. The number of hydrogen-bond acceptors (Lipinski definition) is 4. The van der Waals surface area contributed by atoms with E-state index in [9.17, 15) is 14.3 Å². The highest BCUT2D eigenvalue weighted by molar-refractivity contribution is 5.95. The minimum atomic E-state index is -1.08. The van der Waals surface area contributed by atoms with Gasteiger partial charge in [-0.15, -0.1) is 0 Å². The van der Waals surface area contributed by atoms with Gasteiger partial charge >= 0.3 is 0 Å². The lowest BCUT2D eigenvalue weighted by Crippen LogP contribution is -2.43. The first-order chi connectivity index (χ1) is 14.0. The smallest absolute Gasteiger partial charge is 0.224 e. The van der Waals surface area contributed by atoms with Crippen molar-refractivity contribution in [1.82, 2.24) is 4.90 Å². The number of amides is 1. The first-order valence-corrected chi connectivity index (χ1v) is 10.3. The van der Waals surface area contributed by atoms with Crippen LogP contribution in [-0.2, 0) is 16.8 Å². The molecule has 1 fully saturated rings. The van der Waals surface area contributed by atoms with E-state index in [1.165, 1.54) is 6.07 Å². The first-order valence-electron chi connectivity index (χ1n) is 10.3. The Hall–Kier alpha value is -2.44. The van der Waals surface area contributed by atoms with E-state index in [4.69, 9.17) is 4.74 Å². The number of halogens is 1. The maximum absolute atomic E-state index is 14.1. The quantitative estimate of drug-likeness (QED) is 0.732.